The zero-order valence-corrected chi connectivity index (χ0v) is 18.7. The first-order valence-electron chi connectivity index (χ1n) is 10.6. The van der Waals surface area contributed by atoms with Gasteiger partial charge in [-0.25, -0.2) is 4.79 Å². The molecule has 2 rings (SSSR count). The lowest BCUT2D eigenvalue weighted by atomic mass is 10.2. The van der Waals surface area contributed by atoms with E-state index in [1.54, 1.807) is 48.5 Å². The standard InChI is InChI=1S/C24H28N2O7/c1-3-15-32-24(30)17-11-13-18(14-12-17)25-21(27)9-6-10-23(29)33-16-22(28)26-19-7-4-5-8-20(19)31-2/h4-5,7-8,11-14H,3,6,9-10,15-16H2,1-2H3,(H,25,27)(H,26,28). The van der Waals surface area contributed by atoms with Crippen LogP contribution in [0.25, 0.3) is 0 Å². The van der Waals surface area contributed by atoms with E-state index < -0.39 is 24.5 Å². The van der Waals surface area contributed by atoms with Gasteiger partial charge in [0.25, 0.3) is 5.91 Å². The van der Waals surface area contributed by atoms with Crippen molar-refractivity contribution in [2.24, 2.45) is 0 Å². The SMILES string of the molecule is CCCOC(=O)c1ccc(NC(=O)CCCC(=O)OCC(=O)Nc2ccccc2OC)cc1. The molecule has 0 radical (unpaired) electrons. The molecule has 0 aliphatic rings. The van der Waals surface area contributed by atoms with E-state index in [1.165, 1.54) is 7.11 Å². The number of rotatable bonds is 12. The van der Waals surface area contributed by atoms with Gasteiger partial charge in [-0.15, -0.1) is 0 Å². The molecule has 0 atom stereocenters. The van der Waals surface area contributed by atoms with Crippen LogP contribution in [0.4, 0.5) is 11.4 Å². The zero-order valence-electron chi connectivity index (χ0n) is 18.7. The minimum atomic E-state index is -0.576. The first-order chi connectivity index (χ1) is 15.9. The number of nitrogens with one attached hydrogen (secondary N) is 2. The molecule has 2 amide bonds. The summed E-state index contributed by atoms with van der Waals surface area (Å²) in [5, 5.41) is 5.30. The first kappa shape index (κ1) is 25.4. The van der Waals surface area contributed by atoms with Gasteiger partial charge in [-0.3, -0.25) is 14.4 Å². The Bertz CT molecular complexity index is 958. The Balaban J connectivity index is 1.66. The van der Waals surface area contributed by atoms with Crippen molar-refractivity contribution < 1.29 is 33.4 Å². The monoisotopic (exact) mass is 456 g/mol. The summed E-state index contributed by atoms with van der Waals surface area (Å²) in [4.78, 5) is 47.6. The maximum absolute atomic E-state index is 12.1. The van der Waals surface area contributed by atoms with Crippen molar-refractivity contribution in [2.75, 3.05) is 31.0 Å². The molecule has 2 aromatic rings. The molecule has 0 unspecified atom stereocenters. The summed E-state index contributed by atoms with van der Waals surface area (Å²) in [6, 6.07) is 13.2. The van der Waals surface area contributed by atoms with Crippen LogP contribution in [-0.2, 0) is 23.9 Å². The lowest BCUT2D eigenvalue weighted by Gasteiger charge is -2.10. The van der Waals surface area contributed by atoms with Gasteiger partial charge >= 0.3 is 11.9 Å². The summed E-state index contributed by atoms with van der Waals surface area (Å²) in [6.07, 6.45) is 1.10. The maximum Gasteiger partial charge on any atom is 0.338 e. The van der Waals surface area contributed by atoms with Gasteiger partial charge in [0, 0.05) is 18.5 Å². The molecule has 0 heterocycles. The van der Waals surface area contributed by atoms with Crippen LogP contribution < -0.4 is 15.4 Å². The van der Waals surface area contributed by atoms with Gasteiger partial charge in [0.2, 0.25) is 5.91 Å². The molecular formula is C24H28N2O7. The number of carbonyl (C=O) groups is 4. The van der Waals surface area contributed by atoms with E-state index in [-0.39, 0.29) is 25.2 Å². The first-order valence-corrected chi connectivity index (χ1v) is 10.6. The lowest BCUT2D eigenvalue weighted by Crippen LogP contribution is -2.21. The zero-order chi connectivity index (χ0) is 24.1. The summed E-state index contributed by atoms with van der Waals surface area (Å²) in [5.74, 6) is -1.27. The van der Waals surface area contributed by atoms with Crippen LogP contribution in [0.5, 0.6) is 5.75 Å². The number of ether oxygens (including phenoxy) is 3. The highest BCUT2D eigenvalue weighted by Gasteiger charge is 2.12. The van der Waals surface area contributed by atoms with Crippen molar-refractivity contribution >= 4 is 35.1 Å². The Morgan fingerprint density at radius 3 is 2.27 bits per heavy atom. The van der Waals surface area contributed by atoms with E-state index in [2.05, 4.69) is 10.6 Å². The number of esters is 2. The van der Waals surface area contributed by atoms with E-state index >= 15 is 0 Å². The van der Waals surface area contributed by atoms with Gasteiger partial charge in [0.05, 0.1) is 25.0 Å². The van der Waals surface area contributed by atoms with Crippen LogP contribution in [0.1, 0.15) is 43.0 Å². The van der Waals surface area contributed by atoms with E-state index in [0.717, 1.165) is 6.42 Å². The third-order valence-corrected chi connectivity index (χ3v) is 4.37. The van der Waals surface area contributed by atoms with E-state index in [0.29, 0.717) is 29.3 Å². The molecule has 0 fully saturated rings. The number of amides is 2. The Morgan fingerprint density at radius 1 is 0.848 bits per heavy atom. The second kappa shape index (κ2) is 13.5. The summed E-state index contributed by atoms with van der Waals surface area (Å²) in [7, 11) is 1.49. The highest BCUT2D eigenvalue weighted by molar-refractivity contribution is 5.94. The van der Waals surface area contributed by atoms with Crippen molar-refractivity contribution in [3.63, 3.8) is 0 Å². The molecule has 2 aromatic carbocycles. The smallest absolute Gasteiger partial charge is 0.338 e. The normalized spacial score (nSPS) is 10.1. The lowest BCUT2D eigenvalue weighted by molar-refractivity contribution is -0.147. The minimum Gasteiger partial charge on any atom is -0.495 e. The van der Waals surface area contributed by atoms with Gasteiger partial charge in [0.1, 0.15) is 5.75 Å². The third kappa shape index (κ3) is 9.02. The summed E-state index contributed by atoms with van der Waals surface area (Å²) in [6.45, 7) is 1.83. The van der Waals surface area contributed by atoms with Crippen LogP contribution >= 0.6 is 0 Å². The van der Waals surface area contributed by atoms with Crippen molar-refractivity contribution in [1.29, 1.82) is 0 Å². The molecule has 0 bridgehead atoms. The maximum atomic E-state index is 12.1. The van der Waals surface area contributed by atoms with Gasteiger partial charge in [-0.05, 0) is 49.2 Å². The van der Waals surface area contributed by atoms with Crippen LogP contribution in [0, 0.1) is 0 Å². The fourth-order valence-corrected chi connectivity index (χ4v) is 2.74. The topological polar surface area (TPSA) is 120 Å². The highest BCUT2D eigenvalue weighted by atomic mass is 16.5. The average molecular weight is 456 g/mol. The van der Waals surface area contributed by atoms with Crippen LogP contribution in [0.15, 0.2) is 48.5 Å². The number of benzene rings is 2. The van der Waals surface area contributed by atoms with Crippen molar-refractivity contribution in [3.8, 4) is 5.75 Å². The van der Waals surface area contributed by atoms with Gasteiger partial charge < -0.3 is 24.8 Å². The van der Waals surface area contributed by atoms with Gasteiger partial charge in [-0.1, -0.05) is 19.1 Å². The van der Waals surface area contributed by atoms with Gasteiger partial charge in [0.15, 0.2) is 6.61 Å². The molecule has 0 aromatic heterocycles. The summed E-state index contributed by atoms with van der Waals surface area (Å²) < 4.78 is 15.1. The quantitative estimate of drug-likeness (QED) is 0.469. The van der Waals surface area contributed by atoms with E-state index in [9.17, 15) is 19.2 Å². The van der Waals surface area contributed by atoms with E-state index in [4.69, 9.17) is 14.2 Å². The number of hydrogen-bond acceptors (Lipinski definition) is 7. The second-order valence-corrected chi connectivity index (χ2v) is 7.02. The van der Waals surface area contributed by atoms with Crippen LogP contribution in [0.3, 0.4) is 0 Å². The van der Waals surface area contributed by atoms with Crippen molar-refractivity contribution in [1.82, 2.24) is 0 Å². The predicted molar refractivity (Wildman–Crippen MR) is 122 cm³/mol. The van der Waals surface area contributed by atoms with Crippen LogP contribution in [-0.4, -0.2) is 44.1 Å². The Hall–Kier alpha value is -3.88. The number of para-hydroxylation sites is 2. The molecule has 9 nitrogen and oxygen atoms in total. The average Bonchev–Trinajstić information content (AvgIpc) is 2.82. The fourth-order valence-electron chi connectivity index (χ4n) is 2.74. The number of anilines is 2. The molecule has 0 saturated heterocycles. The highest BCUT2D eigenvalue weighted by Crippen LogP contribution is 2.22. The van der Waals surface area contributed by atoms with Crippen molar-refractivity contribution in [2.45, 2.75) is 32.6 Å². The Kier molecular flexibility index (Phi) is 10.4. The number of carbonyl (C=O) groups excluding carboxylic acids is 4. The largest absolute Gasteiger partial charge is 0.495 e. The summed E-state index contributed by atoms with van der Waals surface area (Å²) >= 11 is 0. The second-order valence-electron chi connectivity index (χ2n) is 7.02. The third-order valence-electron chi connectivity index (χ3n) is 4.37. The molecule has 9 heteroatoms. The number of methoxy groups -OCH3 is 1. The fraction of sp³-hybridized carbons (Fsp3) is 0.333. The summed E-state index contributed by atoms with van der Waals surface area (Å²) in [5.41, 5.74) is 1.41. The predicted octanol–water partition coefficient (Wildman–Crippen LogP) is 3.55. The molecule has 0 saturated carbocycles. The molecule has 33 heavy (non-hydrogen) atoms. The van der Waals surface area contributed by atoms with E-state index in [1.807, 2.05) is 6.92 Å². The van der Waals surface area contributed by atoms with Gasteiger partial charge in [-0.2, -0.15) is 0 Å². The van der Waals surface area contributed by atoms with Crippen LogP contribution in [0.2, 0.25) is 0 Å². The number of hydrogen-bond donors (Lipinski definition) is 2. The molecule has 0 aliphatic carbocycles. The molecular weight excluding hydrogens is 428 g/mol. The Labute approximate surface area is 192 Å². The molecule has 0 aliphatic heterocycles. The Morgan fingerprint density at radius 2 is 1.58 bits per heavy atom. The minimum absolute atomic E-state index is 0.00242. The molecule has 176 valence electrons. The molecule has 2 N–H and O–H groups in total. The molecule has 0 spiro atoms. The van der Waals surface area contributed by atoms with Crippen molar-refractivity contribution in [3.05, 3.63) is 54.1 Å².